The van der Waals surface area contributed by atoms with Crippen LogP contribution in [-0.4, -0.2) is 48.5 Å². The van der Waals surface area contributed by atoms with E-state index >= 15 is 0 Å². The number of guanidine groups is 1. The van der Waals surface area contributed by atoms with Crippen LogP contribution in [-0.2, 0) is 29.9 Å². The van der Waals surface area contributed by atoms with Crippen molar-refractivity contribution in [3.63, 3.8) is 0 Å². The van der Waals surface area contributed by atoms with Gasteiger partial charge in [-0.05, 0) is 37.5 Å². The van der Waals surface area contributed by atoms with Gasteiger partial charge < -0.3 is 15.2 Å². The Balaban J connectivity index is 1.94. The number of sulfone groups is 1. The fourth-order valence-electron chi connectivity index (χ4n) is 2.52. The summed E-state index contributed by atoms with van der Waals surface area (Å²) in [4.78, 5) is 4.95. The van der Waals surface area contributed by atoms with Crippen molar-refractivity contribution >= 4 is 15.8 Å². The molecule has 2 N–H and O–H groups in total. The van der Waals surface area contributed by atoms with Crippen molar-refractivity contribution in [3.8, 4) is 0 Å². The lowest BCUT2D eigenvalue weighted by atomic mass is 10.1. The maximum absolute atomic E-state index is 11.5. The second-order valence-electron chi connectivity index (χ2n) is 6.76. The van der Waals surface area contributed by atoms with Gasteiger partial charge >= 0.3 is 0 Å². The molecule has 8 nitrogen and oxygen atoms in total. The number of aliphatic imine (C=N–C) groups is 1. The molecule has 154 valence electrons. The highest BCUT2D eigenvalue weighted by atomic mass is 32.2. The van der Waals surface area contributed by atoms with Crippen LogP contribution in [0, 0.1) is 6.92 Å². The predicted octanol–water partition coefficient (Wildman–Crippen LogP) is 1.61. The number of rotatable bonds is 9. The zero-order valence-corrected chi connectivity index (χ0v) is 17.9. The molecule has 0 aliphatic heterocycles. The molecule has 2 aromatic rings. The first-order valence-electron chi connectivity index (χ1n) is 9.47. The van der Waals surface area contributed by atoms with Crippen molar-refractivity contribution in [2.45, 2.75) is 44.6 Å². The molecule has 0 atom stereocenters. The van der Waals surface area contributed by atoms with Gasteiger partial charge in [0.15, 0.2) is 21.6 Å². The molecule has 0 bridgehead atoms. The van der Waals surface area contributed by atoms with Crippen molar-refractivity contribution in [1.29, 1.82) is 0 Å². The van der Waals surface area contributed by atoms with Crippen molar-refractivity contribution < 1.29 is 8.42 Å². The molecule has 1 aromatic heterocycles. The molecule has 0 spiro atoms. The minimum absolute atomic E-state index is 0.340. The lowest BCUT2D eigenvalue weighted by Gasteiger charge is -2.12. The zero-order chi connectivity index (χ0) is 20.6. The van der Waals surface area contributed by atoms with Gasteiger partial charge in [-0.3, -0.25) is 0 Å². The molecule has 1 aromatic carbocycles. The molecule has 0 unspecified atom stereocenters. The summed E-state index contributed by atoms with van der Waals surface area (Å²) in [5, 5.41) is 14.9. The molecule has 2 rings (SSSR count). The number of nitrogens with zero attached hydrogens (tertiary/aromatic N) is 4. The largest absolute Gasteiger partial charge is 0.356 e. The fraction of sp³-hybridized carbons (Fsp3) is 0.526. The summed E-state index contributed by atoms with van der Waals surface area (Å²) in [5.74, 6) is 2.41. The summed E-state index contributed by atoms with van der Waals surface area (Å²) >= 11 is 0. The highest BCUT2D eigenvalue weighted by molar-refractivity contribution is 7.90. The van der Waals surface area contributed by atoms with Crippen LogP contribution < -0.4 is 10.6 Å². The van der Waals surface area contributed by atoms with Gasteiger partial charge in [-0.1, -0.05) is 25.5 Å². The monoisotopic (exact) mass is 406 g/mol. The third kappa shape index (κ3) is 6.63. The van der Waals surface area contributed by atoms with Crippen molar-refractivity contribution in [2.24, 2.45) is 12.0 Å². The van der Waals surface area contributed by atoms with Crippen molar-refractivity contribution in [3.05, 3.63) is 41.5 Å². The van der Waals surface area contributed by atoms with Gasteiger partial charge in [0.05, 0.1) is 4.90 Å². The Kier molecular flexibility index (Phi) is 7.98. The third-order valence-corrected chi connectivity index (χ3v) is 5.57. The lowest BCUT2D eigenvalue weighted by Crippen LogP contribution is -2.39. The average Bonchev–Trinajstić information content (AvgIpc) is 2.97. The number of benzene rings is 1. The average molecular weight is 407 g/mol. The Morgan fingerprint density at radius 1 is 1.14 bits per heavy atom. The molecule has 1 heterocycles. The van der Waals surface area contributed by atoms with Gasteiger partial charge in [0, 0.05) is 26.4 Å². The summed E-state index contributed by atoms with van der Waals surface area (Å²) in [6.45, 7) is 6.04. The highest BCUT2D eigenvalue weighted by Gasteiger charge is 2.07. The molecule has 0 saturated heterocycles. The molecular weight excluding hydrogens is 376 g/mol. The minimum atomic E-state index is -3.16. The second-order valence-corrected chi connectivity index (χ2v) is 8.78. The molecule has 0 saturated carbocycles. The Labute approximate surface area is 167 Å². The van der Waals surface area contributed by atoms with Gasteiger partial charge in [0.1, 0.15) is 12.4 Å². The first-order valence-corrected chi connectivity index (χ1v) is 11.4. The summed E-state index contributed by atoms with van der Waals surface area (Å²) in [7, 11) is -1.23. The van der Waals surface area contributed by atoms with E-state index in [1.807, 2.05) is 30.7 Å². The number of aryl methyl sites for hydroxylation is 1. The molecule has 0 amide bonds. The summed E-state index contributed by atoms with van der Waals surface area (Å²) in [5.41, 5.74) is 1.07. The Morgan fingerprint density at radius 3 is 2.39 bits per heavy atom. The van der Waals surface area contributed by atoms with E-state index in [2.05, 4.69) is 32.7 Å². The smallest absolute Gasteiger partial charge is 0.191 e. The zero-order valence-electron chi connectivity index (χ0n) is 17.1. The van der Waals surface area contributed by atoms with Gasteiger partial charge in [0.25, 0.3) is 0 Å². The second kappa shape index (κ2) is 10.2. The maximum Gasteiger partial charge on any atom is 0.191 e. The van der Waals surface area contributed by atoms with Crippen LogP contribution in [0.4, 0.5) is 0 Å². The molecule has 9 heteroatoms. The lowest BCUT2D eigenvalue weighted by molar-refractivity contribution is 0.602. The topological polar surface area (TPSA) is 101 Å². The first-order chi connectivity index (χ1) is 13.3. The minimum Gasteiger partial charge on any atom is -0.356 e. The SMILES string of the molecule is CCCCNC(=NCc1nnc(C)n1C)NCCc1ccc(S(C)(=O)=O)cc1. The number of nitrogens with one attached hydrogen (secondary N) is 2. The number of hydrogen-bond donors (Lipinski definition) is 2. The van der Waals surface area contributed by atoms with Gasteiger partial charge in [-0.25, -0.2) is 13.4 Å². The van der Waals surface area contributed by atoms with Gasteiger partial charge in [-0.15, -0.1) is 10.2 Å². The maximum atomic E-state index is 11.5. The molecular formula is C19H30N6O2S. The number of hydrogen-bond acceptors (Lipinski definition) is 5. The summed E-state index contributed by atoms with van der Waals surface area (Å²) in [6, 6.07) is 6.99. The predicted molar refractivity (Wildman–Crippen MR) is 111 cm³/mol. The van der Waals surface area contributed by atoms with E-state index in [9.17, 15) is 8.42 Å². The van der Waals surface area contributed by atoms with Crippen LogP contribution in [0.5, 0.6) is 0 Å². The third-order valence-electron chi connectivity index (χ3n) is 4.44. The number of aromatic nitrogens is 3. The van der Waals surface area contributed by atoms with Crippen LogP contribution >= 0.6 is 0 Å². The normalized spacial score (nSPS) is 12.2. The molecule has 0 aliphatic rings. The van der Waals surface area contributed by atoms with Gasteiger partial charge in [-0.2, -0.15) is 0 Å². The molecule has 0 radical (unpaired) electrons. The van der Waals surface area contributed by atoms with Crippen molar-refractivity contribution in [1.82, 2.24) is 25.4 Å². The Bertz CT molecular complexity index is 888. The summed E-state index contributed by atoms with van der Waals surface area (Å²) < 4.78 is 25.0. The van der Waals surface area contributed by atoms with E-state index < -0.39 is 9.84 Å². The van der Waals surface area contributed by atoms with E-state index in [4.69, 9.17) is 0 Å². The molecule has 28 heavy (non-hydrogen) atoms. The quantitative estimate of drug-likeness (QED) is 0.373. The Hall–Kier alpha value is -2.42. The van der Waals surface area contributed by atoms with E-state index in [-0.39, 0.29) is 0 Å². The van der Waals surface area contributed by atoms with E-state index in [0.717, 1.165) is 49.0 Å². The standard InChI is InChI=1S/C19H30N6O2S/c1-5-6-12-20-19(22-14-18-24-23-15(2)25(18)3)21-13-11-16-7-9-17(10-8-16)28(4,26)27/h7-10H,5-6,11-14H2,1-4H3,(H2,20,21,22). The fourth-order valence-corrected chi connectivity index (χ4v) is 3.16. The summed E-state index contributed by atoms with van der Waals surface area (Å²) in [6.07, 6.45) is 4.15. The van der Waals surface area contributed by atoms with Crippen molar-refractivity contribution in [2.75, 3.05) is 19.3 Å². The first kappa shape index (κ1) is 21.9. The van der Waals surface area contributed by atoms with E-state index in [0.29, 0.717) is 18.0 Å². The van der Waals surface area contributed by atoms with E-state index in [1.54, 1.807) is 12.1 Å². The van der Waals surface area contributed by atoms with Crippen LogP contribution in [0.25, 0.3) is 0 Å². The van der Waals surface area contributed by atoms with Gasteiger partial charge in [0.2, 0.25) is 0 Å². The van der Waals surface area contributed by atoms with E-state index in [1.165, 1.54) is 6.26 Å². The van der Waals surface area contributed by atoms with Crippen LogP contribution in [0.3, 0.4) is 0 Å². The highest BCUT2D eigenvalue weighted by Crippen LogP contribution is 2.10. The number of unbranched alkanes of at least 4 members (excludes halogenated alkanes) is 1. The molecule has 0 fully saturated rings. The van der Waals surface area contributed by atoms with Crippen LogP contribution in [0.2, 0.25) is 0 Å². The Morgan fingerprint density at radius 2 is 1.82 bits per heavy atom. The molecule has 0 aliphatic carbocycles. The van der Waals surface area contributed by atoms with Crippen LogP contribution in [0.1, 0.15) is 37.0 Å². The van der Waals surface area contributed by atoms with Crippen LogP contribution in [0.15, 0.2) is 34.2 Å².